The Balaban J connectivity index is 5.22. The van der Waals surface area contributed by atoms with E-state index >= 15 is 0 Å². The smallest absolute Gasteiger partial charge is 0.462 e. The van der Waals surface area contributed by atoms with Gasteiger partial charge in [-0.2, -0.15) is 0 Å². The van der Waals surface area contributed by atoms with Gasteiger partial charge in [0.15, 0.2) is 12.2 Å². The number of aliphatic hydroxyl groups excluding tert-OH is 1. The van der Waals surface area contributed by atoms with E-state index in [0.29, 0.717) is 25.7 Å². The fourth-order valence-electron chi connectivity index (χ4n) is 13.0. The maximum absolute atomic E-state index is 13.1. The van der Waals surface area contributed by atoms with Crippen molar-refractivity contribution in [2.75, 3.05) is 39.6 Å². The Morgan fingerprint density at radius 1 is 0.235 bits per heavy atom. The molecule has 19 heteroatoms. The molecule has 2 unspecified atom stereocenters. The summed E-state index contributed by atoms with van der Waals surface area (Å²) in [5.74, 6) is -2.10. The topological polar surface area (TPSA) is 237 Å². The van der Waals surface area contributed by atoms with E-state index in [1.807, 2.05) is 0 Å². The van der Waals surface area contributed by atoms with E-state index in [9.17, 15) is 43.2 Å². The van der Waals surface area contributed by atoms with E-state index in [1.54, 1.807) is 0 Å². The molecule has 3 N–H and O–H groups in total. The summed E-state index contributed by atoms with van der Waals surface area (Å²) in [6, 6.07) is 0. The lowest BCUT2D eigenvalue weighted by Gasteiger charge is -2.21. The van der Waals surface area contributed by atoms with Crippen LogP contribution in [0.25, 0.3) is 0 Å². The number of carbonyl (C=O) groups is 4. The monoisotopic (exact) mass is 1490 g/mol. The van der Waals surface area contributed by atoms with Crippen molar-refractivity contribution in [1.82, 2.24) is 0 Å². The first kappa shape index (κ1) is 100. The lowest BCUT2D eigenvalue weighted by Crippen LogP contribution is -2.30. The van der Waals surface area contributed by atoms with Crippen LogP contribution in [0, 0.1) is 0 Å². The second kappa shape index (κ2) is 77.2. The molecule has 0 bridgehead atoms. The second-order valence-electron chi connectivity index (χ2n) is 29.9. The van der Waals surface area contributed by atoms with Crippen LogP contribution in [0.2, 0.25) is 0 Å². The van der Waals surface area contributed by atoms with Gasteiger partial charge in [0.25, 0.3) is 0 Å². The van der Waals surface area contributed by atoms with Crippen molar-refractivity contribution in [3.63, 3.8) is 0 Å². The standard InChI is InChI=1S/C83H162O17P2/c1-5-9-13-17-21-25-29-32-35-37-39-40-42-44-47-50-54-58-62-66-70-83(88)100-79(74-94-81(86)68-64-60-56-52-48-46-43-41-38-36-33-30-26-22-18-14-10-6-2)76-98-102(91,92)96-72-77(84)71-95-101(89,90)97-75-78(73-93-80(85)67-63-59-55-51-28-24-20-16-12-8-4)99-82(87)69-65-61-57-53-49-45-34-31-27-23-19-15-11-7-3/h77-79,84H,5-76H2,1-4H3,(H,89,90)(H,91,92)/t77-,78+,79+/m0/s1. The Bertz CT molecular complexity index is 1930. The van der Waals surface area contributed by atoms with Crippen LogP contribution < -0.4 is 0 Å². The van der Waals surface area contributed by atoms with Gasteiger partial charge in [-0.1, -0.05) is 400 Å². The van der Waals surface area contributed by atoms with Crippen molar-refractivity contribution < 1.29 is 80.2 Å². The van der Waals surface area contributed by atoms with Gasteiger partial charge in [-0.3, -0.25) is 37.3 Å². The van der Waals surface area contributed by atoms with Crippen molar-refractivity contribution >= 4 is 39.5 Å². The zero-order valence-corrected chi connectivity index (χ0v) is 68.4. The molecule has 0 aliphatic rings. The Morgan fingerprint density at radius 3 is 0.578 bits per heavy atom. The minimum atomic E-state index is -4.96. The van der Waals surface area contributed by atoms with E-state index < -0.39 is 97.5 Å². The minimum absolute atomic E-state index is 0.109. The molecular formula is C83H162O17P2. The predicted octanol–water partition coefficient (Wildman–Crippen LogP) is 25.4. The first-order chi connectivity index (χ1) is 49.7. The molecule has 0 amide bonds. The molecule has 0 rings (SSSR count). The summed E-state index contributed by atoms with van der Waals surface area (Å²) in [6.07, 6.45) is 70.8. The van der Waals surface area contributed by atoms with Crippen molar-refractivity contribution in [1.29, 1.82) is 0 Å². The molecule has 0 aliphatic carbocycles. The van der Waals surface area contributed by atoms with Gasteiger partial charge in [0.2, 0.25) is 0 Å². The van der Waals surface area contributed by atoms with Gasteiger partial charge in [0.1, 0.15) is 19.3 Å². The highest BCUT2D eigenvalue weighted by Gasteiger charge is 2.30. The number of carbonyl (C=O) groups excluding carboxylic acids is 4. The number of phosphoric acid groups is 2. The molecule has 0 spiro atoms. The number of aliphatic hydroxyl groups is 1. The summed E-state index contributed by atoms with van der Waals surface area (Å²) >= 11 is 0. The second-order valence-corrected chi connectivity index (χ2v) is 32.8. The summed E-state index contributed by atoms with van der Waals surface area (Å²) in [5, 5.41) is 10.7. The molecule has 606 valence electrons. The van der Waals surface area contributed by atoms with Gasteiger partial charge in [-0.25, -0.2) is 9.13 Å². The van der Waals surface area contributed by atoms with Crippen molar-refractivity contribution in [2.24, 2.45) is 0 Å². The van der Waals surface area contributed by atoms with Crippen LogP contribution in [-0.2, 0) is 65.4 Å². The van der Waals surface area contributed by atoms with Crippen LogP contribution >= 0.6 is 15.6 Å². The molecule has 0 radical (unpaired) electrons. The van der Waals surface area contributed by atoms with E-state index in [1.165, 1.54) is 283 Å². The fourth-order valence-corrected chi connectivity index (χ4v) is 14.6. The van der Waals surface area contributed by atoms with Crippen molar-refractivity contribution in [3.05, 3.63) is 0 Å². The lowest BCUT2D eigenvalue weighted by atomic mass is 10.0. The Morgan fingerprint density at radius 2 is 0.392 bits per heavy atom. The number of esters is 4. The highest BCUT2D eigenvalue weighted by atomic mass is 31.2. The average Bonchev–Trinajstić information content (AvgIpc) is 0.915. The van der Waals surface area contributed by atoms with Gasteiger partial charge in [-0.15, -0.1) is 0 Å². The summed E-state index contributed by atoms with van der Waals surface area (Å²) in [5.41, 5.74) is 0. The van der Waals surface area contributed by atoms with Crippen LogP contribution in [0.3, 0.4) is 0 Å². The zero-order chi connectivity index (χ0) is 74.6. The van der Waals surface area contributed by atoms with E-state index in [-0.39, 0.29) is 25.7 Å². The van der Waals surface area contributed by atoms with E-state index in [2.05, 4.69) is 27.7 Å². The van der Waals surface area contributed by atoms with E-state index in [4.69, 9.17) is 37.0 Å². The Labute approximate surface area is 626 Å². The van der Waals surface area contributed by atoms with Crippen LogP contribution in [0.4, 0.5) is 0 Å². The van der Waals surface area contributed by atoms with Crippen molar-refractivity contribution in [3.8, 4) is 0 Å². The first-order valence-electron chi connectivity index (χ1n) is 43.3. The van der Waals surface area contributed by atoms with Crippen LogP contribution in [0.1, 0.15) is 451 Å². The Hall–Kier alpha value is -1.94. The molecule has 0 heterocycles. The molecule has 0 saturated carbocycles. The third kappa shape index (κ3) is 76.3. The van der Waals surface area contributed by atoms with Gasteiger partial charge >= 0.3 is 39.5 Å². The molecule has 0 aromatic heterocycles. The maximum atomic E-state index is 13.1. The number of hydrogen-bond donors (Lipinski definition) is 3. The highest BCUT2D eigenvalue weighted by molar-refractivity contribution is 7.47. The summed E-state index contributed by atoms with van der Waals surface area (Å²) in [7, 11) is -9.92. The van der Waals surface area contributed by atoms with Crippen LogP contribution in [0.5, 0.6) is 0 Å². The number of phosphoric ester groups is 2. The SMILES string of the molecule is CCCCCCCCCCCCCCCCCCCCCCC(=O)O[C@H](COC(=O)CCCCCCCCCCCCCCCCCCCC)COP(=O)(O)OC[C@@H](O)COP(=O)(O)OC[C@@H](COC(=O)CCCCCCCCCCCC)OC(=O)CCCCCCCCCCCCCCCC. The molecule has 102 heavy (non-hydrogen) atoms. The first-order valence-corrected chi connectivity index (χ1v) is 46.3. The number of hydrogen-bond acceptors (Lipinski definition) is 15. The zero-order valence-electron chi connectivity index (χ0n) is 66.6. The Kier molecular flexibility index (Phi) is 75.8. The molecule has 17 nitrogen and oxygen atoms in total. The normalized spacial score (nSPS) is 13.8. The summed E-state index contributed by atoms with van der Waals surface area (Å²) in [6.45, 7) is 5.03. The molecule has 0 saturated heterocycles. The highest BCUT2D eigenvalue weighted by Crippen LogP contribution is 2.45. The maximum Gasteiger partial charge on any atom is 0.472 e. The number of unbranched alkanes of at least 4 members (excludes halogenated alkanes) is 58. The number of ether oxygens (including phenoxy) is 4. The molecule has 0 aromatic rings. The third-order valence-corrected chi connectivity index (χ3v) is 21.5. The molecule has 5 atom stereocenters. The quantitative estimate of drug-likeness (QED) is 0.0222. The van der Waals surface area contributed by atoms with Crippen LogP contribution in [-0.4, -0.2) is 96.7 Å². The predicted molar refractivity (Wildman–Crippen MR) is 419 cm³/mol. The summed E-state index contributed by atoms with van der Waals surface area (Å²) < 4.78 is 68.8. The third-order valence-electron chi connectivity index (χ3n) is 19.6. The lowest BCUT2D eigenvalue weighted by molar-refractivity contribution is -0.161. The largest absolute Gasteiger partial charge is 0.472 e. The van der Waals surface area contributed by atoms with Gasteiger partial charge in [0, 0.05) is 25.7 Å². The van der Waals surface area contributed by atoms with Gasteiger partial charge in [0.05, 0.1) is 26.4 Å². The molecule has 0 fully saturated rings. The molecule has 0 aliphatic heterocycles. The summed E-state index contributed by atoms with van der Waals surface area (Å²) in [4.78, 5) is 73.1. The fraction of sp³-hybridized carbons (Fsp3) is 0.952. The van der Waals surface area contributed by atoms with Crippen LogP contribution in [0.15, 0.2) is 0 Å². The van der Waals surface area contributed by atoms with Crippen molar-refractivity contribution in [2.45, 2.75) is 470 Å². The molecule has 0 aromatic carbocycles. The minimum Gasteiger partial charge on any atom is -0.462 e. The van der Waals surface area contributed by atoms with E-state index in [0.717, 1.165) is 89.9 Å². The molecular weight excluding hydrogens is 1330 g/mol. The van der Waals surface area contributed by atoms with Gasteiger partial charge < -0.3 is 33.8 Å². The average molecular weight is 1490 g/mol. The number of rotatable bonds is 84. The van der Waals surface area contributed by atoms with Gasteiger partial charge in [-0.05, 0) is 25.7 Å².